The Hall–Kier alpha value is -3.22. The summed E-state index contributed by atoms with van der Waals surface area (Å²) in [6.45, 7) is 6.27. The van der Waals surface area contributed by atoms with Crippen LogP contribution in [0.2, 0.25) is 0 Å². The highest BCUT2D eigenvalue weighted by molar-refractivity contribution is 8.03. The average Bonchev–Trinajstić information content (AvgIpc) is 3.19. The molecule has 1 unspecified atom stereocenters. The average molecular weight is 520 g/mol. The number of rotatable bonds is 9. The number of thiocarbonyl (C=S) groups is 1. The molecule has 186 valence electrons. The number of aliphatic hydroxyl groups excluding tert-OH is 1. The number of amides is 2. The topological polar surface area (TPSA) is 117 Å². The van der Waals surface area contributed by atoms with Crippen molar-refractivity contribution in [3.05, 3.63) is 47.5 Å². The van der Waals surface area contributed by atoms with Gasteiger partial charge in [0.25, 0.3) is 11.8 Å². The molecule has 0 aliphatic carbocycles. The van der Waals surface area contributed by atoms with Gasteiger partial charge in [-0.2, -0.15) is 0 Å². The van der Waals surface area contributed by atoms with Crippen LogP contribution in [0.4, 0.5) is 5.69 Å². The van der Waals surface area contributed by atoms with Crippen LogP contribution >= 0.6 is 24.0 Å². The number of aliphatic hydroxyl groups is 1. The summed E-state index contributed by atoms with van der Waals surface area (Å²) in [6.07, 6.45) is -0.268. The van der Waals surface area contributed by atoms with Crippen LogP contribution in [0.3, 0.4) is 0 Å². The normalized spacial score (nSPS) is 16.4. The first-order chi connectivity index (χ1) is 16.7. The van der Waals surface area contributed by atoms with E-state index in [-0.39, 0.29) is 36.9 Å². The number of nitrogens with zero attached hydrogens (tertiary/aromatic N) is 3. The first kappa shape index (κ1) is 26.4. The maximum atomic E-state index is 13.3. The van der Waals surface area contributed by atoms with Gasteiger partial charge in [-0.3, -0.25) is 24.2 Å². The van der Waals surface area contributed by atoms with E-state index in [1.54, 1.807) is 30.9 Å². The minimum Gasteiger partial charge on any atom is -0.461 e. The highest BCUT2D eigenvalue weighted by Crippen LogP contribution is 2.47. The third-order valence-electron chi connectivity index (χ3n) is 5.14. The second kappa shape index (κ2) is 11.5. The van der Waals surface area contributed by atoms with Gasteiger partial charge in [0, 0.05) is 24.1 Å². The smallest absolute Gasteiger partial charge is 0.330 e. The van der Waals surface area contributed by atoms with E-state index in [1.165, 1.54) is 21.6 Å². The number of hydrogen-bond donors (Lipinski definition) is 1. The molecule has 1 saturated heterocycles. The standard InChI is InChI=1S/C23H25N3O7S2/c1-4-17(28)32-12-14(27)13-33-18(29)11-26-15-9-7-8-10-16(15)35-22(26)19-20(30)24(5-2)23(34)25(6-3)21(19)31/h4,7-10,14,27H,1,5-6,11-13H2,2-3H3. The van der Waals surface area contributed by atoms with Crippen molar-refractivity contribution in [2.75, 3.05) is 37.7 Å². The lowest BCUT2D eigenvalue weighted by molar-refractivity contribution is -0.149. The molecule has 0 radical (unpaired) electrons. The number of ether oxygens (including phenoxy) is 2. The van der Waals surface area contributed by atoms with Crippen molar-refractivity contribution in [3.8, 4) is 0 Å². The molecule has 2 amide bonds. The fraction of sp³-hybridized carbons (Fsp3) is 0.348. The SMILES string of the molecule is C=CC(=O)OCC(O)COC(=O)CN1C(=C2C(=O)N(CC)C(=S)N(CC)C2=O)Sc2ccccc21. The summed E-state index contributed by atoms with van der Waals surface area (Å²) in [7, 11) is 0. The number of thioether (sulfide) groups is 1. The second-order valence-corrected chi connectivity index (χ2v) is 8.78. The predicted molar refractivity (Wildman–Crippen MR) is 132 cm³/mol. The molecule has 12 heteroatoms. The molecule has 0 bridgehead atoms. The van der Waals surface area contributed by atoms with Crippen molar-refractivity contribution in [1.82, 2.24) is 9.80 Å². The Bertz CT molecular complexity index is 1080. The van der Waals surface area contributed by atoms with Gasteiger partial charge in [-0.15, -0.1) is 0 Å². The molecule has 1 aromatic rings. The monoisotopic (exact) mass is 519 g/mol. The molecule has 0 aromatic heterocycles. The summed E-state index contributed by atoms with van der Waals surface area (Å²) in [5, 5.41) is 10.3. The van der Waals surface area contributed by atoms with Gasteiger partial charge in [-0.1, -0.05) is 30.5 Å². The molecule has 10 nitrogen and oxygen atoms in total. The summed E-state index contributed by atoms with van der Waals surface area (Å²) in [5.41, 5.74) is 0.560. The Labute approximate surface area is 212 Å². The lowest BCUT2D eigenvalue weighted by atomic mass is 10.1. The number of carbonyl (C=O) groups is 4. The third-order valence-corrected chi connectivity index (χ3v) is 6.77. The van der Waals surface area contributed by atoms with E-state index in [2.05, 4.69) is 6.58 Å². The third kappa shape index (κ3) is 5.55. The van der Waals surface area contributed by atoms with Gasteiger partial charge in [0.15, 0.2) is 5.11 Å². The van der Waals surface area contributed by atoms with Crippen molar-refractivity contribution in [2.24, 2.45) is 0 Å². The van der Waals surface area contributed by atoms with Crippen LogP contribution in [0.5, 0.6) is 0 Å². The number of carbonyl (C=O) groups excluding carboxylic acids is 4. The van der Waals surface area contributed by atoms with Crippen LogP contribution in [0.15, 0.2) is 52.4 Å². The Morgan fingerprint density at radius 3 is 2.29 bits per heavy atom. The Morgan fingerprint density at radius 2 is 1.69 bits per heavy atom. The van der Waals surface area contributed by atoms with Crippen LogP contribution in [0.1, 0.15) is 13.8 Å². The zero-order valence-electron chi connectivity index (χ0n) is 19.3. The van der Waals surface area contributed by atoms with Crippen LogP contribution in [-0.2, 0) is 28.7 Å². The minimum absolute atomic E-state index is 0.0762. The highest BCUT2D eigenvalue weighted by Gasteiger charge is 2.43. The fourth-order valence-corrected chi connectivity index (χ4v) is 5.06. The van der Waals surface area contributed by atoms with E-state index in [0.29, 0.717) is 10.7 Å². The van der Waals surface area contributed by atoms with Gasteiger partial charge >= 0.3 is 11.9 Å². The Balaban J connectivity index is 1.86. The maximum Gasteiger partial charge on any atom is 0.330 e. The molecule has 3 rings (SSSR count). The number of benzene rings is 1. The van der Waals surface area contributed by atoms with Crippen LogP contribution in [0.25, 0.3) is 0 Å². The molecule has 2 heterocycles. The van der Waals surface area contributed by atoms with Crippen LogP contribution in [0, 0.1) is 0 Å². The van der Waals surface area contributed by atoms with Gasteiger partial charge < -0.3 is 19.5 Å². The fourth-order valence-electron chi connectivity index (χ4n) is 3.45. The number of esters is 2. The molecule has 1 fully saturated rings. The Morgan fingerprint density at radius 1 is 1.09 bits per heavy atom. The first-order valence-corrected chi connectivity index (χ1v) is 12.0. The molecular weight excluding hydrogens is 494 g/mol. The largest absolute Gasteiger partial charge is 0.461 e. The van der Waals surface area contributed by atoms with E-state index >= 15 is 0 Å². The zero-order chi connectivity index (χ0) is 25.7. The lowest BCUT2D eigenvalue weighted by Gasteiger charge is -2.36. The van der Waals surface area contributed by atoms with Crippen molar-refractivity contribution in [2.45, 2.75) is 24.8 Å². The molecule has 0 spiro atoms. The Kier molecular flexibility index (Phi) is 8.65. The van der Waals surface area contributed by atoms with Gasteiger partial charge in [0.2, 0.25) is 0 Å². The lowest BCUT2D eigenvalue weighted by Crippen LogP contribution is -2.56. The summed E-state index contributed by atoms with van der Waals surface area (Å²) >= 11 is 6.54. The summed E-state index contributed by atoms with van der Waals surface area (Å²) in [5.74, 6) is -2.47. The molecule has 1 N–H and O–H groups in total. The van der Waals surface area contributed by atoms with E-state index in [4.69, 9.17) is 21.7 Å². The maximum absolute atomic E-state index is 13.3. The van der Waals surface area contributed by atoms with Crippen molar-refractivity contribution in [1.29, 1.82) is 0 Å². The van der Waals surface area contributed by atoms with E-state index in [9.17, 15) is 24.3 Å². The van der Waals surface area contributed by atoms with E-state index in [0.717, 1.165) is 11.0 Å². The predicted octanol–water partition coefficient (Wildman–Crippen LogP) is 1.44. The molecular formula is C23H25N3O7S2. The van der Waals surface area contributed by atoms with Gasteiger partial charge in [-0.25, -0.2) is 4.79 Å². The quantitative estimate of drug-likeness (QED) is 0.222. The number of hydrogen-bond acceptors (Lipinski definition) is 10. The van der Waals surface area contributed by atoms with Crippen LogP contribution < -0.4 is 4.90 Å². The minimum atomic E-state index is -1.22. The number of anilines is 1. The molecule has 2 aliphatic heterocycles. The summed E-state index contributed by atoms with van der Waals surface area (Å²) in [6, 6.07) is 7.18. The first-order valence-electron chi connectivity index (χ1n) is 10.8. The molecule has 1 aromatic carbocycles. The summed E-state index contributed by atoms with van der Waals surface area (Å²) < 4.78 is 9.87. The van der Waals surface area contributed by atoms with Gasteiger partial charge in [-0.05, 0) is 38.2 Å². The van der Waals surface area contributed by atoms with Crippen molar-refractivity contribution >= 4 is 58.5 Å². The van der Waals surface area contributed by atoms with Gasteiger partial charge in [0.05, 0.1) is 10.7 Å². The second-order valence-electron chi connectivity index (χ2n) is 7.39. The number of likely N-dealkylation sites (N-methyl/N-ethyl adjacent to an activating group) is 2. The number of para-hydroxylation sites is 1. The van der Waals surface area contributed by atoms with Gasteiger partial charge in [0.1, 0.15) is 31.4 Å². The number of fused-ring (bicyclic) bond motifs is 1. The van der Waals surface area contributed by atoms with Crippen molar-refractivity contribution in [3.63, 3.8) is 0 Å². The van der Waals surface area contributed by atoms with Crippen molar-refractivity contribution < 1.29 is 33.8 Å². The summed E-state index contributed by atoms with van der Waals surface area (Å²) in [4.78, 5) is 55.3. The van der Waals surface area contributed by atoms with E-state index < -0.39 is 36.5 Å². The molecule has 1 atom stereocenters. The molecule has 0 saturated carbocycles. The molecule has 35 heavy (non-hydrogen) atoms. The highest BCUT2D eigenvalue weighted by atomic mass is 32.2. The molecule has 2 aliphatic rings. The van der Waals surface area contributed by atoms with E-state index in [1.807, 2.05) is 12.1 Å². The zero-order valence-corrected chi connectivity index (χ0v) is 20.9. The van der Waals surface area contributed by atoms with Crippen LogP contribution in [-0.4, -0.2) is 82.7 Å².